The Kier molecular flexibility index (Phi) is 8.64. The number of nitrogens with zero attached hydrogens (tertiary/aromatic N) is 3. The highest BCUT2D eigenvalue weighted by Crippen LogP contribution is 2.64. The van der Waals surface area contributed by atoms with Crippen LogP contribution in [0.1, 0.15) is 73.1 Å². The zero-order valence-electron chi connectivity index (χ0n) is 28.5. The summed E-state index contributed by atoms with van der Waals surface area (Å²) in [6.45, 7) is 1.71. The second-order valence-corrected chi connectivity index (χ2v) is 15.6. The Labute approximate surface area is 313 Å². The SMILES string of the molecule is Cc1cc([C@H]2C3=CC[C@@H]4C(=O)N(C5CCCCC5)C(=O)[C@@H]4[C@@H]3C[C@H]3C(=O)N(Nc4ncc(C(F)(F)F)cc4Cl)C(=O)[C@@]23c2ccc(Cl)cc2)ccc1O. The lowest BCUT2D eigenvalue weighted by Gasteiger charge is -2.50. The third-order valence-corrected chi connectivity index (χ3v) is 12.6. The number of allylic oxidation sites excluding steroid dienone is 2. The van der Waals surface area contributed by atoms with Crippen LogP contribution in [0, 0.1) is 30.6 Å². The number of carbonyl (C=O) groups is 4. The Bertz CT molecular complexity index is 2090. The molecule has 3 aliphatic carbocycles. The zero-order valence-corrected chi connectivity index (χ0v) is 30.0. The van der Waals surface area contributed by atoms with E-state index in [1.54, 1.807) is 43.3 Å². The Hall–Kier alpha value is -4.42. The molecule has 5 aliphatic rings. The fraction of sp³-hybridized carbons (Fsp3) is 0.410. The number of hydrazine groups is 1. The van der Waals surface area contributed by atoms with Gasteiger partial charge in [-0.1, -0.05) is 78.4 Å². The fourth-order valence-electron chi connectivity index (χ4n) is 9.74. The second-order valence-electron chi connectivity index (χ2n) is 14.8. The molecule has 2 aliphatic heterocycles. The van der Waals surface area contributed by atoms with Crippen molar-refractivity contribution in [1.82, 2.24) is 14.9 Å². The second kappa shape index (κ2) is 12.9. The number of likely N-dealkylation sites (tertiary alicyclic amines) is 1. The maximum absolute atomic E-state index is 15.3. The molecule has 0 spiro atoms. The van der Waals surface area contributed by atoms with E-state index in [0.29, 0.717) is 34.0 Å². The number of pyridine rings is 1. The van der Waals surface area contributed by atoms with Gasteiger partial charge in [-0.15, -0.1) is 0 Å². The summed E-state index contributed by atoms with van der Waals surface area (Å²) in [5, 5.41) is 11.3. The molecule has 0 radical (unpaired) electrons. The molecule has 14 heteroatoms. The third kappa shape index (κ3) is 5.46. The number of halogens is 5. The van der Waals surface area contributed by atoms with Gasteiger partial charge < -0.3 is 5.11 Å². The van der Waals surface area contributed by atoms with E-state index in [4.69, 9.17) is 23.2 Å². The Morgan fingerprint density at radius 2 is 1.64 bits per heavy atom. The number of hydrogen-bond acceptors (Lipinski definition) is 7. The first-order valence-electron chi connectivity index (χ1n) is 17.7. The molecule has 2 saturated heterocycles. The number of aryl methyl sites for hydroxylation is 1. The topological polar surface area (TPSA) is 120 Å². The molecule has 4 fully saturated rings. The summed E-state index contributed by atoms with van der Waals surface area (Å²) in [7, 11) is 0. The highest BCUT2D eigenvalue weighted by molar-refractivity contribution is 6.33. The third-order valence-electron chi connectivity index (χ3n) is 12.1. The molecule has 1 aromatic heterocycles. The average molecular weight is 768 g/mol. The smallest absolute Gasteiger partial charge is 0.417 e. The molecule has 8 rings (SSSR count). The number of phenolic OH excluding ortho intramolecular Hbond substituents is 1. The number of phenols is 1. The van der Waals surface area contributed by atoms with Crippen molar-refractivity contribution in [3.63, 3.8) is 0 Å². The molecule has 3 heterocycles. The predicted octanol–water partition coefficient (Wildman–Crippen LogP) is 7.74. The van der Waals surface area contributed by atoms with E-state index in [2.05, 4.69) is 10.4 Å². The van der Waals surface area contributed by atoms with Crippen molar-refractivity contribution in [3.8, 4) is 5.75 Å². The van der Waals surface area contributed by atoms with Gasteiger partial charge in [-0.2, -0.15) is 18.2 Å². The molecule has 9 nitrogen and oxygen atoms in total. The van der Waals surface area contributed by atoms with E-state index in [-0.39, 0.29) is 42.3 Å². The summed E-state index contributed by atoms with van der Waals surface area (Å²) in [6.07, 6.45) is 2.47. The lowest BCUT2D eigenvalue weighted by atomic mass is 9.49. The number of rotatable bonds is 5. The molecule has 0 bridgehead atoms. The number of aromatic hydroxyl groups is 1. The van der Waals surface area contributed by atoms with E-state index >= 15 is 4.79 Å². The highest BCUT2D eigenvalue weighted by atomic mass is 35.5. The van der Waals surface area contributed by atoms with Gasteiger partial charge in [0.05, 0.1) is 33.8 Å². The minimum atomic E-state index is -4.73. The van der Waals surface area contributed by atoms with Gasteiger partial charge in [-0.25, -0.2) is 4.98 Å². The largest absolute Gasteiger partial charge is 0.508 e. The summed E-state index contributed by atoms with van der Waals surface area (Å²) < 4.78 is 40.4. The van der Waals surface area contributed by atoms with Gasteiger partial charge in [0, 0.05) is 23.2 Å². The molecule has 53 heavy (non-hydrogen) atoms. The van der Waals surface area contributed by atoms with Crippen LogP contribution in [0.4, 0.5) is 19.0 Å². The van der Waals surface area contributed by atoms with Crippen LogP contribution in [-0.2, 0) is 30.8 Å². The number of benzene rings is 2. The van der Waals surface area contributed by atoms with E-state index in [1.807, 2.05) is 6.08 Å². The van der Waals surface area contributed by atoms with Crippen LogP contribution in [0.3, 0.4) is 0 Å². The van der Waals surface area contributed by atoms with Crippen molar-refractivity contribution < 1.29 is 37.5 Å². The summed E-state index contributed by atoms with van der Waals surface area (Å²) >= 11 is 12.6. The minimum absolute atomic E-state index is 0.0238. The van der Waals surface area contributed by atoms with Gasteiger partial charge in [0.1, 0.15) is 5.75 Å². The number of hydrogen-bond donors (Lipinski definition) is 2. The van der Waals surface area contributed by atoms with Gasteiger partial charge in [-0.3, -0.25) is 29.5 Å². The summed E-state index contributed by atoms with van der Waals surface area (Å²) in [5.41, 5.74) is 2.20. The number of amides is 4. The predicted molar refractivity (Wildman–Crippen MR) is 188 cm³/mol. The summed E-state index contributed by atoms with van der Waals surface area (Å²) in [4.78, 5) is 63.8. The fourth-order valence-corrected chi connectivity index (χ4v) is 10.1. The van der Waals surface area contributed by atoms with Crippen LogP contribution in [-0.4, -0.2) is 49.7 Å². The molecule has 2 saturated carbocycles. The van der Waals surface area contributed by atoms with Crippen LogP contribution in [0.25, 0.3) is 0 Å². The standard InChI is InChI=1S/C39H35Cl2F3N4O5/c1-19-15-20(7-14-30(19)49)32-25-12-13-26-31(36(52)47(34(26)50)24-5-3-2-4-6-24)27(25)17-28-35(51)48(37(53)38(28,32)21-8-10-23(40)11-9-21)46-33-29(41)16-22(18-45-33)39(42,43)44/h7-12,14-16,18,24,26-28,31-32,49H,2-6,13,17H2,1H3,(H,45,46)/t26-,27+,28-,31-,32-,38+/m0/s1. The molecule has 4 amide bonds. The van der Waals surface area contributed by atoms with E-state index in [9.17, 15) is 32.7 Å². The van der Waals surface area contributed by atoms with Crippen molar-refractivity contribution >= 4 is 52.6 Å². The first-order valence-corrected chi connectivity index (χ1v) is 18.5. The van der Waals surface area contributed by atoms with Crippen molar-refractivity contribution in [2.24, 2.45) is 23.7 Å². The van der Waals surface area contributed by atoms with Crippen molar-refractivity contribution in [2.75, 3.05) is 5.43 Å². The first-order chi connectivity index (χ1) is 25.2. The summed E-state index contributed by atoms with van der Waals surface area (Å²) in [6, 6.07) is 12.0. The quantitative estimate of drug-likeness (QED) is 0.202. The molecular formula is C39H35Cl2F3N4O5. The Balaban J connectivity index is 1.30. The van der Waals surface area contributed by atoms with Crippen molar-refractivity contribution in [2.45, 2.75) is 75.4 Å². The number of anilines is 1. The molecule has 0 unspecified atom stereocenters. The summed E-state index contributed by atoms with van der Waals surface area (Å²) in [5.74, 6) is -6.08. The monoisotopic (exact) mass is 766 g/mol. The van der Waals surface area contributed by atoms with Crippen LogP contribution in [0.2, 0.25) is 10.0 Å². The highest BCUT2D eigenvalue weighted by Gasteiger charge is 2.70. The van der Waals surface area contributed by atoms with Crippen molar-refractivity contribution in [3.05, 3.63) is 98.7 Å². The zero-order chi connectivity index (χ0) is 37.6. The number of carbonyl (C=O) groups excluding carboxylic acids is 4. The maximum Gasteiger partial charge on any atom is 0.417 e. The van der Waals surface area contributed by atoms with Crippen LogP contribution in [0.15, 0.2) is 66.4 Å². The average Bonchev–Trinajstić information content (AvgIpc) is 3.51. The maximum atomic E-state index is 15.3. The minimum Gasteiger partial charge on any atom is -0.508 e. The van der Waals surface area contributed by atoms with E-state index in [0.717, 1.165) is 42.7 Å². The molecule has 3 aromatic rings. The Morgan fingerprint density at radius 3 is 2.30 bits per heavy atom. The lowest BCUT2D eigenvalue weighted by molar-refractivity contribution is -0.144. The van der Waals surface area contributed by atoms with Crippen molar-refractivity contribution in [1.29, 1.82) is 0 Å². The lowest BCUT2D eigenvalue weighted by Crippen LogP contribution is -2.53. The van der Waals surface area contributed by atoms with Gasteiger partial charge >= 0.3 is 6.18 Å². The number of aromatic nitrogens is 1. The Morgan fingerprint density at radius 1 is 0.925 bits per heavy atom. The number of imide groups is 2. The normalized spacial score (nSPS) is 28.9. The molecule has 6 atom stereocenters. The molecule has 2 aromatic carbocycles. The van der Waals surface area contributed by atoms with Gasteiger partial charge in [0.2, 0.25) is 11.8 Å². The molecule has 276 valence electrons. The number of alkyl halides is 3. The van der Waals surface area contributed by atoms with Crippen LogP contribution in [0.5, 0.6) is 5.75 Å². The van der Waals surface area contributed by atoms with Gasteiger partial charge in [-0.05, 0) is 79.5 Å². The number of fused-ring (bicyclic) bond motifs is 4. The van der Waals surface area contributed by atoms with E-state index < -0.39 is 63.6 Å². The van der Waals surface area contributed by atoms with Gasteiger partial charge in [0.15, 0.2) is 5.82 Å². The van der Waals surface area contributed by atoms with Gasteiger partial charge in [0.25, 0.3) is 11.8 Å². The molecule has 2 N–H and O–H groups in total. The first kappa shape index (κ1) is 35.6. The van der Waals surface area contributed by atoms with E-state index in [1.165, 1.54) is 11.0 Å². The van der Waals surface area contributed by atoms with Crippen LogP contribution < -0.4 is 5.43 Å². The molecular weight excluding hydrogens is 732 g/mol. The van der Waals surface area contributed by atoms with Crippen LogP contribution >= 0.6 is 23.2 Å². The number of nitrogens with one attached hydrogen (secondary N) is 1.